The van der Waals surface area contributed by atoms with Gasteiger partial charge in [0.1, 0.15) is 0 Å². The lowest BCUT2D eigenvalue weighted by molar-refractivity contribution is -0.138. The molecule has 1 fully saturated rings. The molecule has 0 spiro atoms. The van der Waals surface area contributed by atoms with Gasteiger partial charge in [-0.25, -0.2) is 0 Å². The summed E-state index contributed by atoms with van der Waals surface area (Å²) in [5, 5.41) is 5.48. The maximum absolute atomic E-state index is 12.3. The molecule has 0 radical (unpaired) electrons. The fourth-order valence-corrected chi connectivity index (χ4v) is 3.13. The van der Waals surface area contributed by atoms with Crippen molar-refractivity contribution in [2.45, 2.75) is 26.3 Å². The quantitative estimate of drug-likeness (QED) is 0.610. The van der Waals surface area contributed by atoms with Crippen LogP contribution in [0.4, 0.5) is 0 Å². The molecule has 29 heavy (non-hydrogen) atoms. The monoisotopic (exact) mass is 400 g/mol. The molecule has 1 aliphatic rings. The van der Waals surface area contributed by atoms with Gasteiger partial charge in [-0.2, -0.15) is 0 Å². The Morgan fingerprint density at radius 1 is 1.00 bits per heavy atom. The molecule has 0 aromatic heterocycles. The molecule has 4 amide bonds. The summed E-state index contributed by atoms with van der Waals surface area (Å²) in [6, 6.07) is 7.39. The van der Waals surface area contributed by atoms with Crippen molar-refractivity contribution in [3.63, 3.8) is 0 Å². The van der Waals surface area contributed by atoms with E-state index in [0.717, 1.165) is 11.1 Å². The van der Waals surface area contributed by atoms with Gasteiger partial charge in [0, 0.05) is 52.6 Å². The fourth-order valence-electron chi connectivity index (χ4n) is 3.13. The third-order valence-corrected chi connectivity index (χ3v) is 4.85. The maximum Gasteiger partial charge on any atom is 0.243 e. The fraction of sp³-hybridized carbons (Fsp3) is 0.429. The largest absolute Gasteiger partial charge is 0.355 e. The average molecular weight is 400 g/mol. The van der Waals surface area contributed by atoms with Crippen molar-refractivity contribution in [2.75, 3.05) is 32.7 Å². The van der Waals surface area contributed by atoms with E-state index in [1.807, 2.05) is 24.3 Å². The predicted molar refractivity (Wildman–Crippen MR) is 109 cm³/mol. The molecule has 0 atom stereocenters. The van der Waals surface area contributed by atoms with Gasteiger partial charge in [0.05, 0.1) is 6.42 Å². The van der Waals surface area contributed by atoms with Crippen molar-refractivity contribution in [2.24, 2.45) is 0 Å². The molecule has 0 saturated carbocycles. The highest BCUT2D eigenvalue weighted by atomic mass is 16.2. The first-order valence-electron chi connectivity index (χ1n) is 9.67. The zero-order valence-corrected chi connectivity index (χ0v) is 16.8. The Morgan fingerprint density at radius 2 is 1.62 bits per heavy atom. The van der Waals surface area contributed by atoms with Gasteiger partial charge in [-0.3, -0.25) is 19.2 Å². The molecule has 2 rings (SSSR count). The number of carbonyl (C=O) groups is 4. The third kappa shape index (κ3) is 7.06. The molecule has 0 aliphatic carbocycles. The summed E-state index contributed by atoms with van der Waals surface area (Å²) in [5.74, 6) is -0.455. The normalized spacial score (nSPS) is 13.6. The number of nitrogens with zero attached hydrogens (tertiary/aromatic N) is 2. The van der Waals surface area contributed by atoms with E-state index in [1.54, 1.807) is 9.80 Å². The van der Waals surface area contributed by atoms with Crippen LogP contribution in [0.2, 0.25) is 0 Å². The molecule has 8 nitrogen and oxygen atoms in total. The van der Waals surface area contributed by atoms with Crippen LogP contribution in [0, 0.1) is 0 Å². The Hall–Kier alpha value is -3.16. The Kier molecular flexibility index (Phi) is 8.39. The van der Waals surface area contributed by atoms with Crippen molar-refractivity contribution >= 4 is 23.6 Å². The molecule has 1 aromatic rings. The van der Waals surface area contributed by atoms with E-state index < -0.39 is 0 Å². The molecule has 1 saturated heterocycles. The van der Waals surface area contributed by atoms with Gasteiger partial charge in [-0.15, -0.1) is 0 Å². The van der Waals surface area contributed by atoms with Crippen molar-refractivity contribution < 1.29 is 19.2 Å². The Labute approximate surface area is 170 Å². The zero-order valence-electron chi connectivity index (χ0n) is 16.8. The van der Waals surface area contributed by atoms with E-state index in [1.165, 1.54) is 13.0 Å². The Bertz CT molecular complexity index is 770. The summed E-state index contributed by atoms with van der Waals surface area (Å²) in [4.78, 5) is 50.6. The van der Waals surface area contributed by atoms with Crippen molar-refractivity contribution in [3.05, 3.63) is 48.0 Å². The number of nitrogens with one attached hydrogen (secondary N) is 2. The lowest BCUT2D eigenvalue weighted by atomic mass is 10.0. The summed E-state index contributed by atoms with van der Waals surface area (Å²) >= 11 is 0. The minimum atomic E-state index is -0.271. The zero-order chi connectivity index (χ0) is 21.2. The van der Waals surface area contributed by atoms with Gasteiger partial charge in [0.15, 0.2) is 0 Å². The summed E-state index contributed by atoms with van der Waals surface area (Å²) in [6.45, 7) is 7.67. The first-order valence-corrected chi connectivity index (χ1v) is 9.67. The van der Waals surface area contributed by atoms with Gasteiger partial charge in [-0.1, -0.05) is 30.8 Å². The number of piperazine rings is 1. The van der Waals surface area contributed by atoms with Crippen LogP contribution in [0.5, 0.6) is 0 Å². The van der Waals surface area contributed by atoms with Crippen LogP contribution in [-0.2, 0) is 32.1 Å². The van der Waals surface area contributed by atoms with Crippen LogP contribution in [0.25, 0.3) is 0 Å². The smallest absolute Gasteiger partial charge is 0.243 e. The molecular weight excluding hydrogens is 372 g/mol. The van der Waals surface area contributed by atoms with Crippen LogP contribution in [-0.4, -0.2) is 66.2 Å². The summed E-state index contributed by atoms with van der Waals surface area (Å²) < 4.78 is 0. The molecule has 1 heterocycles. The SMILES string of the molecule is C=CC(=O)NCc1ccccc1CC(=O)NCCC(=O)N1CCN(C(C)=O)CC1. The van der Waals surface area contributed by atoms with Gasteiger partial charge in [0.2, 0.25) is 23.6 Å². The van der Waals surface area contributed by atoms with Crippen LogP contribution in [0.1, 0.15) is 24.5 Å². The van der Waals surface area contributed by atoms with Crippen LogP contribution >= 0.6 is 0 Å². The lowest BCUT2D eigenvalue weighted by Gasteiger charge is -2.34. The second-order valence-electron chi connectivity index (χ2n) is 6.85. The lowest BCUT2D eigenvalue weighted by Crippen LogP contribution is -2.50. The van der Waals surface area contributed by atoms with Gasteiger partial charge in [-0.05, 0) is 17.2 Å². The molecule has 0 bridgehead atoms. The van der Waals surface area contributed by atoms with E-state index in [9.17, 15) is 19.2 Å². The molecule has 156 valence electrons. The maximum atomic E-state index is 12.3. The average Bonchev–Trinajstić information content (AvgIpc) is 2.72. The number of amides is 4. The van der Waals surface area contributed by atoms with Gasteiger partial charge in [0.25, 0.3) is 0 Å². The number of hydrogen-bond donors (Lipinski definition) is 2. The Morgan fingerprint density at radius 3 is 2.24 bits per heavy atom. The highest BCUT2D eigenvalue weighted by molar-refractivity contribution is 5.87. The van der Waals surface area contributed by atoms with Crippen molar-refractivity contribution in [3.8, 4) is 0 Å². The van der Waals surface area contributed by atoms with E-state index >= 15 is 0 Å². The Balaban J connectivity index is 1.75. The molecule has 1 aromatic carbocycles. The molecule has 0 unspecified atom stereocenters. The first-order chi connectivity index (χ1) is 13.9. The topological polar surface area (TPSA) is 98.8 Å². The summed E-state index contributed by atoms with van der Waals surface area (Å²) in [6.07, 6.45) is 1.60. The molecular formula is C21H28N4O4. The number of rotatable bonds is 8. The summed E-state index contributed by atoms with van der Waals surface area (Å²) in [5.41, 5.74) is 1.68. The van der Waals surface area contributed by atoms with Crippen molar-refractivity contribution in [1.29, 1.82) is 0 Å². The van der Waals surface area contributed by atoms with E-state index in [2.05, 4.69) is 17.2 Å². The van der Waals surface area contributed by atoms with Crippen LogP contribution in [0.15, 0.2) is 36.9 Å². The van der Waals surface area contributed by atoms with Crippen LogP contribution < -0.4 is 10.6 Å². The first kappa shape index (κ1) is 22.1. The minimum absolute atomic E-state index is 0.0219. The number of hydrogen-bond acceptors (Lipinski definition) is 4. The minimum Gasteiger partial charge on any atom is -0.355 e. The second-order valence-corrected chi connectivity index (χ2v) is 6.85. The standard InChI is InChI=1S/C21H28N4O4/c1-3-19(27)23-15-18-7-5-4-6-17(18)14-20(28)22-9-8-21(29)25-12-10-24(11-13-25)16(2)26/h3-7H,1,8-15H2,2H3,(H,22,28)(H,23,27). The second kappa shape index (κ2) is 11.0. The number of carbonyl (C=O) groups excluding carboxylic acids is 4. The van der Waals surface area contributed by atoms with E-state index in [0.29, 0.717) is 32.7 Å². The molecule has 1 aliphatic heterocycles. The van der Waals surface area contributed by atoms with Gasteiger partial charge < -0.3 is 20.4 Å². The summed E-state index contributed by atoms with van der Waals surface area (Å²) in [7, 11) is 0. The number of benzene rings is 1. The van der Waals surface area contributed by atoms with Crippen molar-refractivity contribution in [1.82, 2.24) is 20.4 Å². The highest BCUT2D eigenvalue weighted by Gasteiger charge is 2.22. The van der Waals surface area contributed by atoms with Crippen LogP contribution in [0.3, 0.4) is 0 Å². The highest BCUT2D eigenvalue weighted by Crippen LogP contribution is 2.10. The predicted octanol–water partition coefficient (Wildman–Crippen LogP) is 0.228. The molecule has 8 heteroatoms. The molecule has 2 N–H and O–H groups in total. The van der Waals surface area contributed by atoms with E-state index in [-0.39, 0.29) is 43.0 Å². The van der Waals surface area contributed by atoms with Gasteiger partial charge >= 0.3 is 0 Å². The van der Waals surface area contributed by atoms with E-state index in [4.69, 9.17) is 0 Å². The third-order valence-electron chi connectivity index (χ3n) is 4.85.